The van der Waals surface area contributed by atoms with Crippen LogP contribution in [0.4, 0.5) is 19.0 Å². The molecule has 1 aliphatic heterocycles. The van der Waals surface area contributed by atoms with Crippen LogP contribution >= 0.6 is 0 Å². The second-order valence-corrected chi connectivity index (χ2v) is 9.28. The zero-order valence-corrected chi connectivity index (χ0v) is 22.3. The largest absolute Gasteiger partial charge is 0.493 e. The minimum Gasteiger partial charge on any atom is -0.493 e. The third-order valence-electron chi connectivity index (χ3n) is 6.35. The second kappa shape index (κ2) is 11.4. The van der Waals surface area contributed by atoms with E-state index < -0.39 is 18.7 Å². The van der Waals surface area contributed by atoms with Crippen molar-refractivity contribution in [2.45, 2.75) is 18.6 Å². The molecule has 1 amide bonds. The Hall–Kier alpha value is -4.66. The standard InChI is InChI=1S/C26H26F3N7O5/c1-35-9-7-15(12-35)36-13-21(40-14-26(27,28)29)24(34-36)25(37)31-22-4-5-23(33-32-22)41-18-6-8-30-17-11-20(39-3)19(38-2)10-16(17)18/h4-6,8,10-11,13,15H,7,9,12,14H2,1-3H3,(H,31,32,37). The van der Waals surface area contributed by atoms with Crippen LogP contribution < -0.4 is 24.3 Å². The summed E-state index contributed by atoms with van der Waals surface area (Å²) in [5.74, 6) is 0.506. The molecular weight excluding hydrogens is 547 g/mol. The van der Waals surface area contributed by atoms with Crippen molar-refractivity contribution in [3.63, 3.8) is 0 Å². The molecule has 15 heteroatoms. The number of amides is 1. The van der Waals surface area contributed by atoms with Crippen LogP contribution in [-0.2, 0) is 0 Å². The van der Waals surface area contributed by atoms with E-state index in [1.54, 1.807) is 24.4 Å². The van der Waals surface area contributed by atoms with E-state index in [1.807, 2.05) is 7.05 Å². The number of benzene rings is 1. The van der Waals surface area contributed by atoms with Crippen LogP contribution in [0.5, 0.6) is 28.9 Å². The number of hydrogen-bond donors (Lipinski definition) is 1. The molecule has 0 saturated carbocycles. The molecule has 1 N–H and O–H groups in total. The molecule has 5 rings (SSSR count). The van der Waals surface area contributed by atoms with E-state index in [9.17, 15) is 18.0 Å². The van der Waals surface area contributed by atoms with Crippen LogP contribution in [0.15, 0.2) is 42.7 Å². The van der Waals surface area contributed by atoms with Gasteiger partial charge in [-0.1, -0.05) is 0 Å². The van der Waals surface area contributed by atoms with E-state index in [2.05, 4.69) is 30.5 Å². The summed E-state index contributed by atoms with van der Waals surface area (Å²) < 4.78 is 61.4. The molecule has 1 unspecified atom stereocenters. The first kappa shape index (κ1) is 27.9. The fourth-order valence-corrected chi connectivity index (χ4v) is 4.38. The van der Waals surface area contributed by atoms with Crippen LogP contribution in [0, 0.1) is 0 Å². The van der Waals surface area contributed by atoms with Gasteiger partial charge < -0.3 is 29.2 Å². The quantitative estimate of drug-likeness (QED) is 0.313. The lowest BCUT2D eigenvalue weighted by molar-refractivity contribution is -0.153. The molecule has 216 valence electrons. The number of pyridine rings is 1. The summed E-state index contributed by atoms with van der Waals surface area (Å²) in [5.41, 5.74) is 0.308. The van der Waals surface area contributed by atoms with Crippen LogP contribution in [-0.4, -0.2) is 82.9 Å². The number of carbonyl (C=O) groups is 1. The van der Waals surface area contributed by atoms with Gasteiger partial charge >= 0.3 is 6.18 Å². The lowest BCUT2D eigenvalue weighted by atomic mass is 10.2. The molecule has 1 saturated heterocycles. The summed E-state index contributed by atoms with van der Waals surface area (Å²) in [6, 6.07) is 7.89. The van der Waals surface area contributed by atoms with E-state index in [-0.39, 0.29) is 29.2 Å². The first-order valence-electron chi connectivity index (χ1n) is 12.4. The zero-order chi connectivity index (χ0) is 29.1. The first-order valence-corrected chi connectivity index (χ1v) is 12.4. The number of anilines is 1. The predicted octanol–water partition coefficient (Wildman–Crippen LogP) is 4.10. The van der Waals surface area contributed by atoms with Crippen LogP contribution in [0.25, 0.3) is 10.9 Å². The third kappa shape index (κ3) is 6.40. The summed E-state index contributed by atoms with van der Waals surface area (Å²) in [5, 5.41) is 15.3. The average molecular weight is 574 g/mol. The van der Waals surface area contributed by atoms with Crippen molar-refractivity contribution < 1.29 is 36.9 Å². The van der Waals surface area contributed by atoms with Crippen molar-refractivity contribution in [3.05, 3.63) is 48.4 Å². The number of likely N-dealkylation sites (N-methyl/N-ethyl adjacent to an activating group) is 1. The van der Waals surface area contributed by atoms with Crippen LogP contribution in [0.1, 0.15) is 23.0 Å². The SMILES string of the molecule is COc1cc2nccc(Oc3ccc(NC(=O)c4nn(C5CCN(C)C5)cc4OCC(F)(F)F)nn3)c2cc1OC. The van der Waals surface area contributed by atoms with E-state index in [4.69, 9.17) is 18.9 Å². The molecule has 0 radical (unpaired) electrons. The Balaban J connectivity index is 1.32. The molecular formula is C26H26F3N7O5. The van der Waals surface area contributed by atoms with E-state index >= 15 is 0 Å². The molecule has 0 spiro atoms. The molecule has 0 aliphatic carbocycles. The highest BCUT2D eigenvalue weighted by molar-refractivity contribution is 6.04. The number of aromatic nitrogens is 5. The number of alkyl halides is 3. The lowest BCUT2D eigenvalue weighted by Crippen LogP contribution is -2.21. The molecule has 1 atom stereocenters. The van der Waals surface area contributed by atoms with Crippen molar-refractivity contribution in [2.75, 3.05) is 46.3 Å². The van der Waals surface area contributed by atoms with Gasteiger partial charge in [0, 0.05) is 30.3 Å². The van der Waals surface area contributed by atoms with Gasteiger partial charge in [0.1, 0.15) is 5.75 Å². The second-order valence-electron chi connectivity index (χ2n) is 9.28. The molecule has 1 fully saturated rings. The summed E-state index contributed by atoms with van der Waals surface area (Å²) in [6.45, 7) is -0.120. The first-order chi connectivity index (χ1) is 19.6. The number of ether oxygens (including phenoxy) is 4. The Bertz CT molecular complexity index is 1550. The predicted molar refractivity (Wildman–Crippen MR) is 140 cm³/mol. The topological polar surface area (TPSA) is 126 Å². The van der Waals surface area contributed by atoms with Crippen LogP contribution in [0.2, 0.25) is 0 Å². The molecule has 4 heterocycles. The van der Waals surface area contributed by atoms with Gasteiger partial charge in [0.25, 0.3) is 5.91 Å². The Labute approximate surface area is 232 Å². The maximum absolute atomic E-state index is 13.0. The van der Waals surface area contributed by atoms with Crippen molar-refractivity contribution in [1.29, 1.82) is 0 Å². The van der Waals surface area contributed by atoms with Gasteiger partial charge in [0.15, 0.2) is 35.4 Å². The third-order valence-corrected chi connectivity index (χ3v) is 6.35. The normalized spacial score (nSPS) is 15.6. The molecule has 41 heavy (non-hydrogen) atoms. The monoisotopic (exact) mass is 573 g/mol. The zero-order valence-electron chi connectivity index (χ0n) is 22.3. The maximum Gasteiger partial charge on any atom is 0.422 e. The highest BCUT2D eigenvalue weighted by Crippen LogP contribution is 2.36. The molecule has 1 aromatic carbocycles. The number of likely N-dealkylation sites (tertiary alicyclic amines) is 1. The fourth-order valence-electron chi connectivity index (χ4n) is 4.38. The number of methoxy groups -OCH3 is 2. The average Bonchev–Trinajstić information content (AvgIpc) is 3.58. The summed E-state index contributed by atoms with van der Waals surface area (Å²) in [7, 11) is 4.97. The molecule has 4 aromatic rings. The van der Waals surface area contributed by atoms with Crippen molar-refractivity contribution in [2.24, 2.45) is 0 Å². The number of rotatable bonds is 9. The van der Waals surface area contributed by atoms with Gasteiger partial charge in [-0.25, -0.2) is 0 Å². The van der Waals surface area contributed by atoms with Gasteiger partial charge in [-0.3, -0.25) is 14.5 Å². The number of carbonyl (C=O) groups excluding carboxylic acids is 1. The molecule has 0 bridgehead atoms. The Kier molecular flexibility index (Phi) is 7.79. The molecule has 12 nitrogen and oxygen atoms in total. The number of hydrogen-bond acceptors (Lipinski definition) is 10. The smallest absolute Gasteiger partial charge is 0.422 e. The minimum atomic E-state index is -4.58. The van der Waals surface area contributed by atoms with Gasteiger partial charge in [0.2, 0.25) is 5.88 Å². The minimum absolute atomic E-state index is 0.0327. The fraction of sp³-hybridized carbons (Fsp3) is 0.346. The summed E-state index contributed by atoms with van der Waals surface area (Å²) in [4.78, 5) is 19.4. The number of halogens is 3. The van der Waals surface area contributed by atoms with E-state index in [1.165, 1.54) is 37.2 Å². The van der Waals surface area contributed by atoms with E-state index in [0.717, 1.165) is 13.0 Å². The van der Waals surface area contributed by atoms with Crippen molar-refractivity contribution in [3.8, 4) is 28.9 Å². The van der Waals surface area contributed by atoms with Gasteiger partial charge in [0.05, 0.1) is 32.0 Å². The number of nitrogens with zero attached hydrogens (tertiary/aromatic N) is 6. The highest BCUT2D eigenvalue weighted by atomic mass is 19.4. The summed E-state index contributed by atoms with van der Waals surface area (Å²) >= 11 is 0. The Morgan fingerprint density at radius 2 is 1.85 bits per heavy atom. The summed E-state index contributed by atoms with van der Waals surface area (Å²) in [6.07, 6.45) is -0.969. The molecule has 3 aromatic heterocycles. The Morgan fingerprint density at radius 1 is 1.07 bits per heavy atom. The van der Waals surface area contributed by atoms with Gasteiger partial charge in [-0.2, -0.15) is 18.3 Å². The maximum atomic E-state index is 13.0. The van der Waals surface area contributed by atoms with Crippen molar-refractivity contribution in [1.82, 2.24) is 29.9 Å². The van der Waals surface area contributed by atoms with Crippen LogP contribution in [0.3, 0.4) is 0 Å². The Morgan fingerprint density at radius 3 is 2.51 bits per heavy atom. The molecule has 1 aliphatic rings. The van der Waals surface area contributed by atoms with Gasteiger partial charge in [-0.05, 0) is 38.2 Å². The number of fused-ring (bicyclic) bond motifs is 1. The number of nitrogens with one attached hydrogen (secondary N) is 1. The van der Waals surface area contributed by atoms with Crippen molar-refractivity contribution >= 4 is 22.6 Å². The lowest BCUT2D eigenvalue weighted by Gasteiger charge is -2.12. The van der Waals surface area contributed by atoms with E-state index in [0.29, 0.717) is 34.7 Å². The van der Waals surface area contributed by atoms with Gasteiger partial charge in [-0.15, -0.1) is 10.2 Å². The highest BCUT2D eigenvalue weighted by Gasteiger charge is 2.31.